The highest BCUT2D eigenvalue weighted by Gasteiger charge is 2.43. The highest BCUT2D eigenvalue weighted by Crippen LogP contribution is 2.41. The Morgan fingerprint density at radius 1 is 0.915 bits per heavy atom. The third-order valence-electron chi connectivity index (χ3n) is 9.71. The second-order valence-corrected chi connectivity index (χ2v) is 26.2. The van der Waals surface area contributed by atoms with Crippen molar-refractivity contribution in [2.75, 3.05) is 0 Å². The Morgan fingerprint density at radius 3 is 2.09 bits per heavy atom. The van der Waals surface area contributed by atoms with E-state index in [1.54, 1.807) is 0 Å². The maximum absolute atomic E-state index is 7.18. The van der Waals surface area contributed by atoms with Crippen LogP contribution in [0.4, 0.5) is 0 Å². The minimum absolute atomic E-state index is 0.0548. The van der Waals surface area contributed by atoms with Crippen molar-refractivity contribution < 1.29 is 18.3 Å². The van der Waals surface area contributed by atoms with Gasteiger partial charge in [0.1, 0.15) is 0 Å². The molecule has 0 bridgehead atoms. The fraction of sp³-hybridized carbons (Fsp3) is 0.756. The predicted molar refractivity (Wildman–Crippen MR) is 211 cm³/mol. The molecule has 47 heavy (non-hydrogen) atoms. The van der Waals surface area contributed by atoms with E-state index >= 15 is 0 Å². The van der Waals surface area contributed by atoms with Gasteiger partial charge in [-0.1, -0.05) is 122 Å². The van der Waals surface area contributed by atoms with Crippen LogP contribution < -0.4 is 0 Å². The molecule has 1 aliphatic rings. The van der Waals surface area contributed by atoms with Crippen molar-refractivity contribution in [2.45, 2.75) is 177 Å². The van der Waals surface area contributed by atoms with Crippen LogP contribution in [0.2, 0.25) is 37.8 Å². The molecule has 0 N–H and O–H groups in total. The Hall–Kier alpha value is -1.03. The lowest BCUT2D eigenvalue weighted by Crippen LogP contribution is -2.51. The Morgan fingerprint density at radius 2 is 1.55 bits per heavy atom. The van der Waals surface area contributed by atoms with Gasteiger partial charge in [0.2, 0.25) is 0 Å². The van der Waals surface area contributed by atoms with Crippen LogP contribution >= 0.6 is 0 Å². The summed E-state index contributed by atoms with van der Waals surface area (Å²) in [5.74, 6) is 1.51. The minimum Gasteiger partial charge on any atom is -0.414 e. The summed E-state index contributed by atoms with van der Waals surface area (Å²) in [6.07, 6.45) is 22.3. The summed E-state index contributed by atoms with van der Waals surface area (Å²) in [7, 11) is -3.73. The van der Waals surface area contributed by atoms with E-state index < -0.39 is 16.6 Å². The molecule has 0 fully saturated rings. The normalized spacial score (nSPS) is 23.0. The zero-order valence-corrected chi connectivity index (χ0v) is 35.8. The molecule has 6 heteroatoms. The molecular formula is C41H76O4Si2. The van der Waals surface area contributed by atoms with E-state index in [1.165, 1.54) is 11.1 Å². The number of allylic oxidation sites excluding steroid dienone is 6. The van der Waals surface area contributed by atoms with Gasteiger partial charge in [0, 0.05) is 5.92 Å². The second kappa shape index (κ2) is 20.0. The molecule has 0 saturated carbocycles. The first-order chi connectivity index (χ1) is 21.6. The third kappa shape index (κ3) is 16.5. The van der Waals surface area contributed by atoms with Crippen LogP contribution in [0.5, 0.6) is 0 Å². The van der Waals surface area contributed by atoms with Gasteiger partial charge >= 0.3 is 0 Å². The average molecular weight is 689 g/mol. The molecular weight excluding hydrogens is 613 g/mol. The zero-order valence-electron chi connectivity index (χ0n) is 33.8. The van der Waals surface area contributed by atoms with E-state index in [0.29, 0.717) is 17.8 Å². The Labute approximate surface area is 294 Å². The van der Waals surface area contributed by atoms with Crippen molar-refractivity contribution in [3.63, 3.8) is 0 Å². The van der Waals surface area contributed by atoms with Crippen molar-refractivity contribution in [1.82, 2.24) is 0 Å². The van der Waals surface area contributed by atoms with E-state index in [0.717, 1.165) is 25.7 Å². The minimum atomic E-state index is -1.94. The van der Waals surface area contributed by atoms with E-state index in [1.807, 2.05) is 19.9 Å². The highest BCUT2D eigenvalue weighted by atomic mass is 28.4. The van der Waals surface area contributed by atoms with Gasteiger partial charge in [0.25, 0.3) is 0 Å². The smallest absolute Gasteiger partial charge is 0.192 e. The lowest BCUT2D eigenvalue weighted by molar-refractivity contribution is -0.154. The summed E-state index contributed by atoms with van der Waals surface area (Å²) in [5, 5.41) is 0.175. The van der Waals surface area contributed by atoms with Crippen LogP contribution in [0.25, 0.3) is 0 Å². The van der Waals surface area contributed by atoms with Crippen molar-refractivity contribution in [1.29, 1.82) is 0 Å². The van der Waals surface area contributed by atoms with Gasteiger partial charge in [-0.15, -0.1) is 0 Å². The molecule has 0 aromatic heterocycles. The highest BCUT2D eigenvalue weighted by molar-refractivity contribution is 6.74. The van der Waals surface area contributed by atoms with Crippen LogP contribution in [-0.2, 0) is 18.3 Å². The molecule has 0 aromatic carbocycles. The summed E-state index contributed by atoms with van der Waals surface area (Å²) in [4.78, 5) is 0. The Balaban J connectivity index is 3.04. The summed E-state index contributed by atoms with van der Waals surface area (Å²) in [5.41, 5.74) is 2.65. The molecule has 8 atom stereocenters. The largest absolute Gasteiger partial charge is 0.414 e. The lowest BCUT2D eigenvalue weighted by Gasteiger charge is -2.46. The summed E-state index contributed by atoms with van der Waals surface area (Å²) >= 11 is 0. The molecule has 0 spiro atoms. The number of hydrogen-bond donors (Lipinski definition) is 0. The first-order valence-corrected chi connectivity index (χ1v) is 25.0. The van der Waals surface area contributed by atoms with Crippen LogP contribution in [0, 0.1) is 23.7 Å². The Bertz CT molecular complexity index is 1060. The summed E-state index contributed by atoms with van der Waals surface area (Å²) in [6.45, 7) is 39.0. The Kier molecular flexibility index (Phi) is 18.7. The summed E-state index contributed by atoms with van der Waals surface area (Å²) < 4.78 is 26.1. The quantitative estimate of drug-likeness (QED) is 0.0769. The fourth-order valence-corrected chi connectivity index (χ4v) is 8.56. The van der Waals surface area contributed by atoms with E-state index in [9.17, 15) is 0 Å². The molecule has 1 aliphatic heterocycles. The molecule has 4 nitrogen and oxygen atoms in total. The topological polar surface area (TPSA) is 36.9 Å². The van der Waals surface area contributed by atoms with E-state index in [4.69, 9.17) is 18.3 Å². The van der Waals surface area contributed by atoms with Crippen LogP contribution in [0.3, 0.4) is 0 Å². The van der Waals surface area contributed by atoms with Crippen LogP contribution in [0.15, 0.2) is 59.8 Å². The number of rotatable bonds is 19. The van der Waals surface area contributed by atoms with Gasteiger partial charge in [-0.05, 0) is 102 Å². The van der Waals surface area contributed by atoms with Crippen LogP contribution in [-0.4, -0.2) is 47.3 Å². The van der Waals surface area contributed by atoms with E-state index in [-0.39, 0.29) is 41.7 Å². The van der Waals surface area contributed by atoms with Crippen molar-refractivity contribution in [2.24, 2.45) is 23.7 Å². The van der Waals surface area contributed by atoms with Crippen molar-refractivity contribution >= 4 is 16.6 Å². The van der Waals surface area contributed by atoms with Crippen LogP contribution in [0.1, 0.15) is 109 Å². The van der Waals surface area contributed by atoms with Crippen molar-refractivity contribution in [3.05, 3.63) is 59.8 Å². The molecule has 0 aromatic rings. The third-order valence-corrected chi connectivity index (χ3v) is 15.2. The monoisotopic (exact) mass is 689 g/mol. The molecule has 1 rings (SSSR count). The number of ether oxygens (including phenoxy) is 2. The average Bonchev–Trinajstić information content (AvgIpc) is 2.94. The van der Waals surface area contributed by atoms with E-state index in [2.05, 4.69) is 145 Å². The molecule has 0 radical (unpaired) electrons. The molecule has 0 saturated heterocycles. The lowest BCUT2D eigenvalue weighted by atomic mass is 9.83. The predicted octanol–water partition coefficient (Wildman–Crippen LogP) is 12.4. The fourth-order valence-electron chi connectivity index (χ4n) is 5.84. The van der Waals surface area contributed by atoms with Gasteiger partial charge < -0.3 is 18.3 Å². The first-order valence-electron chi connectivity index (χ1n) is 18.7. The molecule has 272 valence electrons. The van der Waals surface area contributed by atoms with Gasteiger partial charge in [0.15, 0.2) is 22.9 Å². The molecule has 0 unspecified atom stereocenters. The molecule has 0 amide bonds. The number of hydrogen-bond acceptors (Lipinski definition) is 4. The molecule has 0 aliphatic carbocycles. The van der Waals surface area contributed by atoms with Gasteiger partial charge in [0.05, 0.1) is 24.4 Å². The van der Waals surface area contributed by atoms with Gasteiger partial charge in [-0.25, -0.2) is 0 Å². The summed E-state index contributed by atoms with van der Waals surface area (Å²) in [6, 6.07) is 0. The molecule has 1 heterocycles. The first kappa shape index (κ1) is 44.0. The zero-order chi connectivity index (χ0) is 36.2. The standard InChI is InChI=1S/C41H76O4Si2/c1-18-33(7)39(45-47(16,17)41(10,11)12)35(9)40(44-46(13,14)15)34(8)28-31(5)22-20-23-32(6)29-36(19-2)26-27-37-24-21-25-38(43-37)42-30(3)4/h20-22,25-30,32-35,37-40H,18-19,23-24H2,1-17H3/b22-20+,27-26+,31-28+,36-29-/t32-,33+,34-,35+,37-,38-,39-,40+/m1/s1. The van der Waals surface area contributed by atoms with Gasteiger partial charge in [-0.3, -0.25) is 0 Å². The van der Waals surface area contributed by atoms with Crippen molar-refractivity contribution in [3.8, 4) is 0 Å². The SMILES string of the molecule is CCC(=C/[C@H](C)C/C=C/C(C)=C/[C@@H](C)[C@H](O[Si](C)(C)C)[C@@H](C)[C@H](O[Si](C)(C)C(C)(C)C)[C@@H](C)CC)/C=C/[C@H]1CC=C[C@H](OC(C)C)O1. The maximum atomic E-state index is 7.18. The maximum Gasteiger partial charge on any atom is 0.192 e. The van der Waals surface area contributed by atoms with Gasteiger partial charge in [-0.2, -0.15) is 0 Å². The second-order valence-electron chi connectivity index (χ2n) is 17.0.